The highest BCUT2D eigenvalue weighted by Crippen LogP contribution is 2.29. The van der Waals surface area contributed by atoms with Gasteiger partial charge in [0.15, 0.2) is 0 Å². The number of aliphatic carboxylic acids is 1. The molecule has 0 aromatic heterocycles. The molecular formula is C11H15NO2S. The first-order valence-electron chi connectivity index (χ1n) is 4.73. The lowest BCUT2D eigenvalue weighted by atomic mass is 9.95. The topological polar surface area (TPSA) is 63.3 Å². The van der Waals surface area contributed by atoms with Crippen molar-refractivity contribution in [2.24, 2.45) is 5.73 Å². The molecule has 1 atom stereocenters. The fourth-order valence-corrected chi connectivity index (χ4v) is 1.52. The van der Waals surface area contributed by atoms with Gasteiger partial charge in [-0.05, 0) is 29.6 Å². The summed E-state index contributed by atoms with van der Waals surface area (Å²) in [5.41, 5.74) is 8.04. The summed E-state index contributed by atoms with van der Waals surface area (Å²) >= 11 is 1.60. The van der Waals surface area contributed by atoms with Crippen molar-refractivity contribution >= 4 is 17.7 Å². The van der Waals surface area contributed by atoms with E-state index in [-0.39, 0.29) is 0 Å². The van der Waals surface area contributed by atoms with Crippen LogP contribution in [-0.2, 0) is 4.79 Å². The van der Waals surface area contributed by atoms with Gasteiger partial charge in [-0.3, -0.25) is 4.79 Å². The summed E-state index contributed by atoms with van der Waals surface area (Å²) in [5, 5.41) is 8.27. The summed E-state index contributed by atoms with van der Waals surface area (Å²) in [4.78, 5) is 10.1. The maximum atomic E-state index is 10.1. The molecule has 0 fully saturated rings. The third-order valence-electron chi connectivity index (χ3n) is 2.17. The van der Waals surface area contributed by atoms with Crippen LogP contribution in [0.4, 0.5) is 0 Å². The average molecular weight is 225 g/mol. The van der Waals surface area contributed by atoms with E-state index in [1.54, 1.807) is 11.8 Å². The molecule has 0 spiro atoms. The molecule has 2 aliphatic rings. The Bertz CT molecular complexity index is 303. The van der Waals surface area contributed by atoms with Crippen LogP contribution in [0.1, 0.15) is 6.42 Å². The minimum Gasteiger partial charge on any atom is -0.480 e. The molecule has 82 valence electrons. The van der Waals surface area contributed by atoms with Crippen LogP contribution in [0.5, 0.6) is 0 Å². The SMILES string of the molecule is CSCCC(N)C(=O)O.c1cc2ccc1-2. The van der Waals surface area contributed by atoms with E-state index in [2.05, 4.69) is 24.3 Å². The van der Waals surface area contributed by atoms with E-state index in [0.29, 0.717) is 6.42 Å². The predicted molar refractivity (Wildman–Crippen MR) is 64.0 cm³/mol. The molecule has 15 heavy (non-hydrogen) atoms. The number of fused-ring (bicyclic) bond motifs is 1. The van der Waals surface area contributed by atoms with E-state index in [1.807, 2.05) is 6.26 Å². The van der Waals surface area contributed by atoms with Crippen LogP contribution in [0.3, 0.4) is 0 Å². The summed E-state index contributed by atoms with van der Waals surface area (Å²) in [7, 11) is 0. The highest BCUT2D eigenvalue weighted by atomic mass is 32.2. The highest BCUT2D eigenvalue weighted by Gasteiger charge is 2.08. The second kappa shape index (κ2) is 5.78. The predicted octanol–water partition coefficient (Wildman–Crippen LogP) is 1.82. The second-order valence-electron chi connectivity index (χ2n) is 3.30. The average Bonchev–Trinajstić information content (AvgIpc) is 2.20. The lowest BCUT2D eigenvalue weighted by Crippen LogP contribution is -2.30. The molecule has 0 bridgehead atoms. The number of carbonyl (C=O) groups is 1. The summed E-state index contributed by atoms with van der Waals surface area (Å²) < 4.78 is 0. The molecule has 0 saturated carbocycles. The maximum Gasteiger partial charge on any atom is 0.320 e. The van der Waals surface area contributed by atoms with Gasteiger partial charge >= 0.3 is 5.97 Å². The minimum atomic E-state index is -0.913. The zero-order chi connectivity index (χ0) is 11.3. The smallest absolute Gasteiger partial charge is 0.320 e. The molecule has 0 saturated heterocycles. The van der Waals surface area contributed by atoms with Gasteiger partial charge in [-0.2, -0.15) is 11.8 Å². The lowest BCUT2D eigenvalue weighted by molar-refractivity contribution is -0.138. The molecular weight excluding hydrogens is 210 g/mol. The first kappa shape index (κ1) is 12.1. The van der Waals surface area contributed by atoms with Gasteiger partial charge in [0.25, 0.3) is 0 Å². The Hall–Kier alpha value is -1.00. The Morgan fingerprint density at radius 1 is 1.40 bits per heavy atom. The first-order chi connectivity index (χ1) is 7.15. The number of carboxylic acids is 1. The van der Waals surface area contributed by atoms with Gasteiger partial charge in [-0.25, -0.2) is 0 Å². The number of rotatable bonds is 4. The molecule has 4 heteroatoms. The van der Waals surface area contributed by atoms with Gasteiger partial charge in [0.05, 0.1) is 0 Å². The van der Waals surface area contributed by atoms with E-state index >= 15 is 0 Å². The maximum absolute atomic E-state index is 10.1. The van der Waals surface area contributed by atoms with E-state index < -0.39 is 12.0 Å². The van der Waals surface area contributed by atoms with Crippen LogP contribution in [0, 0.1) is 0 Å². The van der Waals surface area contributed by atoms with Crippen LogP contribution in [-0.4, -0.2) is 29.1 Å². The zero-order valence-corrected chi connectivity index (χ0v) is 9.46. The van der Waals surface area contributed by atoms with Crippen molar-refractivity contribution < 1.29 is 9.90 Å². The van der Waals surface area contributed by atoms with Gasteiger partial charge in [-0.15, -0.1) is 0 Å². The van der Waals surface area contributed by atoms with Crippen LogP contribution in [0.15, 0.2) is 24.3 Å². The lowest BCUT2D eigenvalue weighted by Gasteiger charge is -2.10. The van der Waals surface area contributed by atoms with Crippen LogP contribution < -0.4 is 5.73 Å². The normalized spacial score (nSPS) is 12.4. The monoisotopic (exact) mass is 225 g/mol. The number of hydrogen-bond donors (Lipinski definition) is 2. The van der Waals surface area contributed by atoms with Gasteiger partial charge in [0.2, 0.25) is 0 Å². The van der Waals surface area contributed by atoms with E-state index in [0.717, 1.165) is 5.75 Å². The number of hydrogen-bond acceptors (Lipinski definition) is 3. The third kappa shape index (κ3) is 3.57. The quantitative estimate of drug-likeness (QED) is 0.833. The number of nitrogens with two attached hydrogens (primary N) is 1. The summed E-state index contributed by atoms with van der Waals surface area (Å²) in [6.45, 7) is 0. The molecule has 0 amide bonds. The van der Waals surface area contributed by atoms with Crippen LogP contribution in [0.25, 0.3) is 11.1 Å². The van der Waals surface area contributed by atoms with Gasteiger partial charge < -0.3 is 10.8 Å². The zero-order valence-electron chi connectivity index (χ0n) is 8.64. The van der Waals surface area contributed by atoms with Gasteiger partial charge in [-0.1, -0.05) is 24.3 Å². The summed E-state index contributed by atoms with van der Waals surface area (Å²) in [6, 6.07) is 7.80. The van der Waals surface area contributed by atoms with E-state index in [9.17, 15) is 4.79 Å². The van der Waals surface area contributed by atoms with Crippen molar-refractivity contribution in [3.63, 3.8) is 0 Å². The molecule has 3 N–H and O–H groups in total. The highest BCUT2D eigenvalue weighted by molar-refractivity contribution is 7.98. The van der Waals surface area contributed by atoms with Crippen molar-refractivity contribution in [3.05, 3.63) is 24.3 Å². The minimum absolute atomic E-state index is 0.552. The Labute approximate surface area is 93.7 Å². The first-order valence-corrected chi connectivity index (χ1v) is 6.12. The van der Waals surface area contributed by atoms with E-state index in [1.165, 1.54) is 11.1 Å². The largest absolute Gasteiger partial charge is 0.480 e. The Morgan fingerprint density at radius 3 is 2.07 bits per heavy atom. The van der Waals surface area contributed by atoms with E-state index in [4.69, 9.17) is 10.8 Å². The van der Waals surface area contributed by atoms with Gasteiger partial charge in [0, 0.05) is 0 Å². The second-order valence-corrected chi connectivity index (χ2v) is 4.29. The molecule has 2 aliphatic carbocycles. The molecule has 3 nitrogen and oxygen atoms in total. The van der Waals surface area contributed by atoms with Gasteiger partial charge in [0.1, 0.15) is 6.04 Å². The Balaban J connectivity index is 0.000000158. The van der Waals surface area contributed by atoms with Crippen LogP contribution >= 0.6 is 11.8 Å². The molecule has 0 aliphatic heterocycles. The molecule has 2 rings (SSSR count). The summed E-state index contributed by atoms with van der Waals surface area (Å²) in [6.07, 6.45) is 2.48. The third-order valence-corrected chi connectivity index (χ3v) is 2.81. The van der Waals surface area contributed by atoms with Crippen LogP contribution in [0.2, 0.25) is 0 Å². The van der Waals surface area contributed by atoms with Crippen molar-refractivity contribution in [1.29, 1.82) is 0 Å². The molecule has 0 heterocycles. The van der Waals surface area contributed by atoms with Crippen molar-refractivity contribution in [2.45, 2.75) is 12.5 Å². The van der Waals surface area contributed by atoms with Crippen molar-refractivity contribution in [2.75, 3.05) is 12.0 Å². The molecule has 0 aromatic rings. The molecule has 1 unspecified atom stereocenters. The number of benzene rings is 1. The fraction of sp³-hybridized carbons (Fsp3) is 0.364. The Morgan fingerprint density at radius 2 is 1.87 bits per heavy atom. The van der Waals surface area contributed by atoms with Crippen molar-refractivity contribution in [3.8, 4) is 11.1 Å². The summed E-state index contributed by atoms with van der Waals surface area (Å²) in [5.74, 6) is -0.1000. The number of carboxylic acid groups (broad SMARTS) is 1. The fourth-order valence-electron chi connectivity index (χ4n) is 1.03. The standard InChI is InChI=1S/C6H4.C5H11NO2S/c1-2-6-4-3-5(1)6;1-9-3-2-4(6)5(7)8/h1-4H;4H,2-3,6H2,1H3,(H,7,8). The molecule has 0 radical (unpaired) electrons. The van der Waals surface area contributed by atoms with Crippen molar-refractivity contribution in [1.82, 2.24) is 0 Å². The molecule has 0 aromatic carbocycles. The Kier molecular flexibility index (Phi) is 4.65. The number of thioether (sulfide) groups is 1.